The van der Waals surface area contributed by atoms with Crippen LogP contribution in [0.25, 0.3) is 38.8 Å². The minimum atomic E-state index is -0.623. The van der Waals surface area contributed by atoms with Crippen LogP contribution >= 0.6 is 0 Å². The number of hydrogen-bond donors (Lipinski definition) is 0. The zero-order valence-corrected chi connectivity index (χ0v) is 19.4. The molecular formula is C27H15F2IrN2O. The van der Waals surface area contributed by atoms with Crippen LogP contribution in [0.2, 0.25) is 0 Å². The fraction of sp³-hybridized carbons (Fsp3) is 0. The maximum atomic E-state index is 13.2. The van der Waals surface area contributed by atoms with E-state index in [0.717, 1.165) is 39.8 Å². The van der Waals surface area contributed by atoms with Crippen LogP contribution in [0.4, 0.5) is 8.78 Å². The van der Waals surface area contributed by atoms with Gasteiger partial charge in [0, 0.05) is 29.2 Å². The number of aromatic nitrogens is 2. The maximum Gasteiger partial charge on any atom is 3.00 e. The minimum Gasteiger partial charge on any atom is -0.513 e. The summed E-state index contributed by atoms with van der Waals surface area (Å²) in [6.45, 7) is 0. The number of nitrogens with zero attached hydrogens (tertiary/aromatic N) is 2. The van der Waals surface area contributed by atoms with Crippen LogP contribution in [0.15, 0.2) is 95.7 Å². The summed E-state index contributed by atoms with van der Waals surface area (Å²) in [6.07, 6.45) is 3.63. The maximum absolute atomic E-state index is 13.2. The van der Waals surface area contributed by atoms with Crippen molar-refractivity contribution in [3.8, 4) is 16.8 Å². The van der Waals surface area contributed by atoms with Crippen LogP contribution in [-0.2, 0) is 20.1 Å². The Morgan fingerprint density at radius 2 is 1.70 bits per heavy atom. The molecule has 0 unspecified atom stereocenters. The van der Waals surface area contributed by atoms with Crippen molar-refractivity contribution in [1.29, 1.82) is 0 Å². The van der Waals surface area contributed by atoms with Gasteiger partial charge in [-0.1, -0.05) is 29.7 Å². The average Bonchev–Trinajstić information content (AvgIpc) is 3.48. The Balaban J connectivity index is 0.000000158. The molecule has 0 saturated carbocycles. The van der Waals surface area contributed by atoms with Gasteiger partial charge >= 0.3 is 20.1 Å². The Bertz CT molecular complexity index is 1500. The van der Waals surface area contributed by atoms with E-state index in [0.29, 0.717) is 5.56 Å². The molecule has 2 aromatic heterocycles. The molecule has 2 heterocycles. The quantitative estimate of drug-likeness (QED) is 0.201. The van der Waals surface area contributed by atoms with Crippen molar-refractivity contribution >= 4 is 21.9 Å². The molecule has 0 aliphatic carbocycles. The summed E-state index contributed by atoms with van der Waals surface area (Å²) in [5.74, 6) is -1.24. The Morgan fingerprint density at radius 1 is 0.848 bits per heavy atom. The molecule has 0 bridgehead atoms. The summed E-state index contributed by atoms with van der Waals surface area (Å²) in [6, 6.07) is 31.3. The fourth-order valence-electron chi connectivity index (χ4n) is 3.45. The second-order valence-electron chi connectivity index (χ2n) is 6.94. The van der Waals surface area contributed by atoms with Crippen LogP contribution in [0.1, 0.15) is 0 Å². The van der Waals surface area contributed by atoms with Gasteiger partial charge in [0.1, 0.15) is 5.58 Å². The molecule has 4 aromatic carbocycles. The van der Waals surface area contributed by atoms with Crippen molar-refractivity contribution in [1.82, 2.24) is 9.78 Å². The standard InChI is InChI=1S/C15H9N2O.C12H6F2.Ir/c1-2-8-14-11(5-1)12-6-3-7-13(15(12)18-14)17-10-4-9-16-17;13-10-6-7-11(12(14)8-10)9-4-2-1-3-5-9;/h1-6,8-10H;1-4,6,8H;/q-1;-2;+3. The van der Waals surface area contributed by atoms with Crippen LogP contribution in [0.5, 0.6) is 0 Å². The van der Waals surface area contributed by atoms with Gasteiger partial charge < -0.3 is 4.42 Å². The van der Waals surface area contributed by atoms with E-state index in [4.69, 9.17) is 4.42 Å². The molecule has 162 valence electrons. The number of furan rings is 1. The normalized spacial score (nSPS) is 10.5. The van der Waals surface area contributed by atoms with Crippen LogP contribution in [-0.4, -0.2) is 9.78 Å². The largest absolute Gasteiger partial charge is 3.00 e. The number of fused-ring (bicyclic) bond motifs is 3. The van der Waals surface area contributed by atoms with E-state index in [1.54, 1.807) is 35.1 Å². The summed E-state index contributed by atoms with van der Waals surface area (Å²) >= 11 is 0. The third kappa shape index (κ3) is 4.63. The summed E-state index contributed by atoms with van der Waals surface area (Å²) < 4.78 is 33.5. The zero-order chi connectivity index (χ0) is 21.9. The van der Waals surface area contributed by atoms with Crippen LogP contribution < -0.4 is 0 Å². The minimum absolute atomic E-state index is 0. The van der Waals surface area contributed by atoms with E-state index < -0.39 is 11.6 Å². The van der Waals surface area contributed by atoms with Gasteiger partial charge in [0.2, 0.25) is 0 Å². The van der Waals surface area contributed by atoms with E-state index in [1.807, 2.05) is 42.6 Å². The third-order valence-corrected chi connectivity index (χ3v) is 4.89. The molecule has 0 aliphatic rings. The smallest absolute Gasteiger partial charge is 0.513 e. The Labute approximate surface area is 202 Å². The molecule has 0 atom stereocenters. The van der Waals surface area contributed by atoms with Gasteiger partial charge in [-0.2, -0.15) is 59.2 Å². The Kier molecular flexibility index (Phi) is 6.78. The molecule has 0 aliphatic heterocycles. The SMILES string of the molecule is Fc1c[c-]c(-c2[c-]cccc2)c(F)c1.[Ir+3].[c-]1ccc2c(oc3ccccc32)c1-n1cccn1. The van der Waals surface area contributed by atoms with Gasteiger partial charge in [-0.15, -0.1) is 12.1 Å². The van der Waals surface area contributed by atoms with Crippen molar-refractivity contribution in [2.24, 2.45) is 0 Å². The fourth-order valence-corrected chi connectivity index (χ4v) is 3.45. The van der Waals surface area contributed by atoms with Gasteiger partial charge in [-0.25, -0.2) is 5.56 Å². The van der Waals surface area contributed by atoms with Crippen LogP contribution in [0.3, 0.4) is 0 Å². The second kappa shape index (κ2) is 9.90. The van der Waals surface area contributed by atoms with Gasteiger partial charge in [-0.05, 0) is 23.6 Å². The third-order valence-electron chi connectivity index (χ3n) is 4.89. The number of benzene rings is 4. The first-order chi connectivity index (χ1) is 15.7. The van der Waals surface area contributed by atoms with E-state index in [1.165, 1.54) is 0 Å². The molecule has 0 N–H and O–H groups in total. The summed E-state index contributed by atoms with van der Waals surface area (Å²) in [4.78, 5) is 0. The Morgan fingerprint density at radius 3 is 2.45 bits per heavy atom. The van der Waals surface area contributed by atoms with Gasteiger partial charge in [0.25, 0.3) is 0 Å². The van der Waals surface area contributed by atoms with E-state index in [9.17, 15) is 8.78 Å². The van der Waals surface area contributed by atoms with Crippen molar-refractivity contribution in [3.63, 3.8) is 0 Å². The van der Waals surface area contributed by atoms with Crippen LogP contribution in [0, 0.1) is 29.8 Å². The molecule has 0 spiro atoms. The predicted octanol–water partition coefficient (Wildman–Crippen LogP) is 6.80. The topological polar surface area (TPSA) is 31.0 Å². The number of para-hydroxylation sites is 1. The zero-order valence-electron chi connectivity index (χ0n) is 17.1. The van der Waals surface area contributed by atoms with Gasteiger partial charge in [-0.3, -0.25) is 13.5 Å². The number of rotatable bonds is 2. The molecule has 6 heteroatoms. The van der Waals surface area contributed by atoms with E-state index in [2.05, 4.69) is 29.4 Å². The van der Waals surface area contributed by atoms with Crippen molar-refractivity contribution in [2.45, 2.75) is 0 Å². The first kappa shape index (κ1) is 22.6. The predicted molar refractivity (Wildman–Crippen MR) is 119 cm³/mol. The van der Waals surface area contributed by atoms with E-state index in [-0.39, 0.29) is 25.7 Å². The molecule has 0 radical (unpaired) electrons. The molecule has 0 amide bonds. The number of hydrogen-bond acceptors (Lipinski definition) is 2. The number of halogens is 2. The summed E-state index contributed by atoms with van der Waals surface area (Å²) in [5, 5.41) is 6.44. The second-order valence-corrected chi connectivity index (χ2v) is 6.94. The first-order valence-electron chi connectivity index (χ1n) is 9.86. The first-order valence-corrected chi connectivity index (χ1v) is 9.86. The summed E-state index contributed by atoms with van der Waals surface area (Å²) in [7, 11) is 0. The molecule has 6 rings (SSSR count). The molecule has 3 nitrogen and oxygen atoms in total. The van der Waals surface area contributed by atoms with Crippen molar-refractivity contribution in [2.75, 3.05) is 0 Å². The van der Waals surface area contributed by atoms with Crippen molar-refractivity contribution in [3.05, 3.63) is 121 Å². The van der Waals surface area contributed by atoms with Crippen molar-refractivity contribution < 1.29 is 33.3 Å². The summed E-state index contributed by atoms with van der Waals surface area (Å²) in [5.41, 5.74) is 3.37. The van der Waals surface area contributed by atoms with Gasteiger partial charge in [0.15, 0.2) is 0 Å². The Hall–Kier alpha value is -3.60. The van der Waals surface area contributed by atoms with Gasteiger partial charge in [0.05, 0.1) is 0 Å². The monoisotopic (exact) mass is 614 g/mol. The molecule has 0 fully saturated rings. The molecule has 33 heavy (non-hydrogen) atoms. The molecule has 0 saturated heterocycles. The average molecular weight is 614 g/mol. The molecule has 6 aromatic rings. The molecular weight excluding hydrogens is 599 g/mol. The van der Waals surface area contributed by atoms with E-state index >= 15 is 0 Å².